The van der Waals surface area contributed by atoms with Gasteiger partial charge in [-0.25, -0.2) is 0 Å². The van der Waals surface area contributed by atoms with Crippen LogP contribution in [0.15, 0.2) is 54.6 Å². The van der Waals surface area contributed by atoms with Crippen molar-refractivity contribution in [1.29, 1.82) is 0 Å². The van der Waals surface area contributed by atoms with Crippen LogP contribution in [0.3, 0.4) is 0 Å². The quantitative estimate of drug-likeness (QED) is 0.398. The molecule has 0 heterocycles. The molecule has 0 saturated carbocycles. The Morgan fingerprint density at radius 1 is 1.09 bits per heavy atom. The molecule has 0 aliphatic rings. The van der Waals surface area contributed by atoms with Crippen LogP contribution < -0.4 is 5.32 Å². The maximum atomic E-state index is 12.0. The molecule has 0 aliphatic heterocycles. The van der Waals surface area contributed by atoms with E-state index in [0.29, 0.717) is 5.56 Å². The number of nitrogens with zero attached hydrogens (tertiary/aromatic N) is 1. The van der Waals surface area contributed by atoms with Crippen molar-refractivity contribution in [3.63, 3.8) is 0 Å². The number of nitrogens with one attached hydrogen (secondary N) is 1. The normalized spacial score (nSPS) is 10.5. The Labute approximate surface area is 132 Å². The highest BCUT2D eigenvalue weighted by Gasteiger charge is 2.09. The van der Waals surface area contributed by atoms with E-state index in [-0.39, 0.29) is 22.9 Å². The van der Waals surface area contributed by atoms with Gasteiger partial charge < -0.3 is 5.32 Å². The van der Waals surface area contributed by atoms with E-state index in [1.165, 1.54) is 30.3 Å². The van der Waals surface area contributed by atoms with Gasteiger partial charge in [0.2, 0.25) is 0 Å². The molecular formula is C17H14N2O4. The summed E-state index contributed by atoms with van der Waals surface area (Å²) in [6.07, 6.45) is 2.93. The van der Waals surface area contributed by atoms with E-state index in [9.17, 15) is 19.7 Å². The Balaban J connectivity index is 2.13. The van der Waals surface area contributed by atoms with E-state index >= 15 is 0 Å². The lowest BCUT2D eigenvalue weighted by atomic mass is 10.1. The monoisotopic (exact) mass is 310 g/mol. The Morgan fingerprint density at radius 3 is 2.39 bits per heavy atom. The first-order valence-electron chi connectivity index (χ1n) is 6.80. The summed E-state index contributed by atoms with van der Waals surface area (Å²) in [6.45, 7) is 0. The Morgan fingerprint density at radius 2 is 1.78 bits per heavy atom. The molecule has 2 aromatic carbocycles. The van der Waals surface area contributed by atoms with Crippen LogP contribution in [0.5, 0.6) is 0 Å². The molecule has 0 radical (unpaired) electrons. The average Bonchev–Trinajstić information content (AvgIpc) is 2.59. The second-order valence-corrected chi connectivity index (χ2v) is 4.71. The minimum atomic E-state index is -0.544. The molecule has 1 amide bonds. The summed E-state index contributed by atoms with van der Waals surface area (Å²) >= 11 is 0. The molecule has 2 aromatic rings. The van der Waals surface area contributed by atoms with Crippen LogP contribution in [0.4, 0.5) is 5.69 Å². The van der Waals surface area contributed by atoms with Gasteiger partial charge in [0, 0.05) is 30.3 Å². The molecule has 0 unspecified atom stereocenters. The van der Waals surface area contributed by atoms with Crippen LogP contribution in [-0.4, -0.2) is 23.7 Å². The maximum absolute atomic E-state index is 12.0. The summed E-state index contributed by atoms with van der Waals surface area (Å²) in [5.74, 6) is -0.516. The molecule has 2 rings (SSSR count). The van der Waals surface area contributed by atoms with Gasteiger partial charge >= 0.3 is 0 Å². The molecule has 0 bridgehead atoms. The third kappa shape index (κ3) is 4.10. The highest BCUT2D eigenvalue weighted by Crippen LogP contribution is 2.14. The lowest BCUT2D eigenvalue weighted by Gasteiger charge is -2.00. The zero-order valence-corrected chi connectivity index (χ0v) is 12.4. The van der Waals surface area contributed by atoms with Crippen molar-refractivity contribution in [1.82, 2.24) is 5.32 Å². The van der Waals surface area contributed by atoms with Crippen LogP contribution >= 0.6 is 0 Å². The molecule has 6 nitrogen and oxygen atoms in total. The largest absolute Gasteiger partial charge is 0.355 e. The zero-order chi connectivity index (χ0) is 16.8. The van der Waals surface area contributed by atoms with E-state index in [0.717, 1.165) is 5.56 Å². The van der Waals surface area contributed by atoms with Gasteiger partial charge in [-0.2, -0.15) is 0 Å². The summed E-state index contributed by atoms with van der Waals surface area (Å²) in [7, 11) is 1.55. The molecule has 6 heteroatoms. The Kier molecular flexibility index (Phi) is 4.99. The number of carbonyl (C=O) groups excluding carboxylic acids is 2. The number of nitro groups is 1. The topological polar surface area (TPSA) is 89.3 Å². The molecule has 0 fully saturated rings. The molecular weight excluding hydrogens is 296 g/mol. The molecule has 116 valence electrons. The van der Waals surface area contributed by atoms with Crippen molar-refractivity contribution in [2.75, 3.05) is 7.05 Å². The summed E-state index contributed by atoms with van der Waals surface area (Å²) < 4.78 is 0. The number of amides is 1. The van der Waals surface area contributed by atoms with Crippen molar-refractivity contribution in [3.8, 4) is 0 Å². The van der Waals surface area contributed by atoms with Crippen LogP contribution in [-0.2, 0) is 0 Å². The van der Waals surface area contributed by atoms with Crippen molar-refractivity contribution in [2.24, 2.45) is 0 Å². The first-order chi connectivity index (χ1) is 11.0. The third-order valence-electron chi connectivity index (χ3n) is 3.17. The second kappa shape index (κ2) is 7.13. The summed E-state index contributed by atoms with van der Waals surface area (Å²) in [4.78, 5) is 33.6. The number of hydrogen-bond acceptors (Lipinski definition) is 4. The van der Waals surface area contributed by atoms with Gasteiger partial charge in [0.15, 0.2) is 5.78 Å². The standard InChI is InChI=1S/C17H14N2O4/c1-18-17(21)13-8-5-12(6-9-13)7-10-16(20)14-3-2-4-15(11-14)19(22)23/h2-11H,1H3,(H,18,21). The number of ketones is 1. The smallest absolute Gasteiger partial charge is 0.270 e. The van der Waals surface area contributed by atoms with Crippen molar-refractivity contribution >= 4 is 23.5 Å². The van der Waals surface area contributed by atoms with Crippen molar-refractivity contribution < 1.29 is 14.5 Å². The van der Waals surface area contributed by atoms with Crippen LogP contribution in [0.25, 0.3) is 6.08 Å². The lowest BCUT2D eigenvalue weighted by molar-refractivity contribution is -0.384. The predicted octanol–water partition coefficient (Wildman–Crippen LogP) is 2.85. The highest BCUT2D eigenvalue weighted by molar-refractivity contribution is 6.07. The van der Waals surface area contributed by atoms with Crippen molar-refractivity contribution in [3.05, 3.63) is 81.4 Å². The number of allylic oxidation sites excluding steroid dienone is 1. The number of rotatable bonds is 5. The minimum absolute atomic E-state index is 0.126. The predicted molar refractivity (Wildman–Crippen MR) is 86.3 cm³/mol. The first kappa shape index (κ1) is 16.1. The number of nitro benzene ring substituents is 1. The molecule has 0 aromatic heterocycles. The Hall–Kier alpha value is -3.28. The number of non-ortho nitro benzene ring substituents is 1. The molecule has 23 heavy (non-hydrogen) atoms. The van der Waals surface area contributed by atoms with E-state index in [1.807, 2.05) is 0 Å². The van der Waals surface area contributed by atoms with E-state index in [2.05, 4.69) is 5.32 Å². The minimum Gasteiger partial charge on any atom is -0.355 e. The van der Waals surface area contributed by atoms with Gasteiger partial charge in [0.1, 0.15) is 0 Å². The maximum Gasteiger partial charge on any atom is 0.270 e. The van der Waals surface area contributed by atoms with Gasteiger partial charge in [-0.1, -0.05) is 30.3 Å². The van der Waals surface area contributed by atoms with Crippen molar-refractivity contribution in [2.45, 2.75) is 0 Å². The fourth-order valence-electron chi connectivity index (χ4n) is 1.93. The third-order valence-corrected chi connectivity index (χ3v) is 3.17. The fourth-order valence-corrected chi connectivity index (χ4v) is 1.93. The number of hydrogen-bond donors (Lipinski definition) is 1. The van der Waals surface area contributed by atoms with Gasteiger partial charge in [-0.15, -0.1) is 0 Å². The second-order valence-electron chi connectivity index (χ2n) is 4.71. The zero-order valence-electron chi connectivity index (χ0n) is 12.4. The summed E-state index contributed by atoms with van der Waals surface area (Å²) in [5, 5.41) is 13.2. The van der Waals surface area contributed by atoms with E-state index in [4.69, 9.17) is 0 Å². The van der Waals surface area contributed by atoms with Gasteiger partial charge in [0.25, 0.3) is 11.6 Å². The summed E-state index contributed by atoms with van der Waals surface area (Å²) in [5.41, 5.74) is 1.39. The van der Waals surface area contributed by atoms with Crippen LogP contribution in [0.1, 0.15) is 26.3 Å². The van der Waals surface area contributed by atoms with Gasteiger partial charge in [0.05, 0.1) is 4.92 Å². The number of benzene rings is 2. The SMILES string of the molecule is CNC(=O)c1ccc(C=CC(=O)c2cccc([N+](=O)[O-])c2)cc1. The fraction of sp³-hybridized carbons (Fsp3) is 0.0588. The lowest BCUT2D eigenvalue weighted by Crippen LogP contribution is -2.17. The van der Waals surface area contributed by atoms with Crippen LogP contribution in [0, 0.1) is 10.1 Å². The molecule has 1 N–H and O–H groups in total. The van der Waals surface area contributed by atoms with Gasteiger partial charge in [-0.05, 0) is 23.8 Å². The van der Waals surface area contributed by atoms with E-state index in [1.54, 1.807) is 37.4 Å². The van der Waals surface area contributed by atoms with E-state index < -0.39 is 4.92 Å². The summed E-state index contributed by atoms with van der Waals surface area (Å²) in [6, 6.07) is 12.3. The highest BCUT2D eigenvalue weighted by atomic mass is 16.6. The first-order valence-corrected chi connectivity index (χ1v) is 6.80. The average molecular weight is 310 g/mol. The molecule has 0 saturated heterocycles. The van der Waals surface area contributed by atoms with Crippen LogP contribution in [0.2, 0.25) is 0 Å². The van der Waals surface area contributed by atoms with Gasteiger partial charge in [-0.3, -0.25) is 19.7 Å². The Bertz CT molecular complexity index is 779. The molecule has 0 spiro atoms. The molecule has 0 atom stereocenters. The number of carbonyl (C=O) groups is 2. The molecule has 0 aliphatic carbocycles.